The number of rotatable bonds is 4. The Kier molecular flexibility index (Phi) is 4.49. The number of nitrogens with one attached hydrogen (secondary N) is 1. The van der Waals surface area contributed by atoms with E-state index in [0.29, 0.717) is 11.3 Å². The molecule has 5 nitrogen and oxygen atoms in total. The molecule has 0 aliphatic heterocycles. The summed E-state index contributed by atoms with van der Waals surface area (Å²) in [5.41, 5.74) is 12.6. The third-order valence-electron chi connectivity index (χ3n) is 2.67. The number of carbonyl (C=O) groups is 2. The molecule has 2 rings (SSSR count). The van der Waals surface area contributed by atoms with Crippen LogP contribution in [0.2, 0.25) is 0 Å². The summed E-state index contributed by atoms with van der Waals surface area (Å²) >= 11 is 1.41. The summed E-state index contributed by atoms with van der Waals surface area (Å²) in [4.78, 5) is 24.1. The van der Waals surface area contributed by atoms with Gasteiger partial charge in [0, 0.05) is 28.1 Å². The quantitative estimate of drug-likeness (QED) is 0.755. The maximum absolute atomic E-state index is 11.4. The van der Waals surface area contributed by atoms with Gasteiger partial charge in [0.05, 0.1) is 5.56 Å². The minimum atomic E-state index is -0.514. The molecule has 0 aromatic heterocycles. The van der Waals surface area contributed by atoms with Crippen LogP contribution in [0.15, 0.2) is 52.3 Å². The summed E-state index contributed by atoms with van der Waals surface area (Å²) in [6.07, 6.45) is 0. The summed E-state index contributed by atoms with van der Waals surface area (Å²) in [6, 6.07) is 12.4. The van der Waals surface area contributed by atoms with Crippen LogP contribution in [-0.4, -0.2) is 11.8 Å². The van der Waals surface area contributed by atoms with Crippen molar-refractivity contribution in [3.05, 3.63) is 48.0 Å². The lowest BCUT2D eigenvalue weighted by Crippen LogP contribution is -2.12. The third kappa shape index (κ3) is 4.00. The number of primary amides is 1. The van der Waals surface area contributed by atoms with Gasteiger partial charge in [-0.2, -0.15) is 0 Å². The summed E-state index contributed by atoms with van der Waals surface area (Å²) in [5, 5.41) is 2.69. The molecule has 6 heteroatoms. The number of hydrogen-bond donors (Lipinski definition) is 3. The minimum absolute atomic E-state index is 0.120. The lowest BCUT2D eigenvalue weighted by Gasteiger charge is -2.08. The number of nitrogens with two attached hydrogens (primary N) is 2. The van der Waals surface area contributed by atoms with Gasteiger partial charge < -0.3 is 16.8 Å². The average Bonchev–Trinajstić information content (AvgIpc) is 2.42. The summed E-state index contributed by atoms with van der Waals surface area (Å²) in [6.45, 7) is 1.45. The second kappa shape index (κ2) is 6.32. The Hall–Kier alpha value is -2.47. The molecule has 0 heterocycles. The van der Waals surface area contributed by atoms with Crippen LogP contribution in [0.4, 0.5) is 11.4 Å². The SMILES string of the molecule is CC(=O)Nc1ccc(Sc2ccc(N)cc2C(N)=O)cc1. The Labute approximate surface area is 126 Å². The molecule has 5 N–H and O–H groups in total. The predicted octanol–water partition coefficient (Wildman–Crippen LogP) is 2.48. The smallest absolute Gasteiger partial charge is 0.249 e. The van der Waals surface area contributed by atoms with E-state index in [4.69, 9.17) is 11.5 Å². The van der Waals surface area contributed by atoms with Gasteiger partial charge in [-0.25, -0.2) is 0 Å². The Bertz CT molecular complexity index is 684. The average molecular weight is 301 g/mol. The first-order chi connectivity index (χ1) is 9.95. The van der Waals surface area contributed by atoms with Crippen molar-refractivity contribution in [3.8, 4) is 0 Å². The first-order valence-electron chi connectivity index (χ1n) is 6.20. The van der Waals surface area contributed by atoms with E-state index >= 15 is 0 Å². The van der Waals surface area contributed by atoms with Crippen molar-refractivity contribution in [3.63, 3.8) is 0 Å². The molecule has 0 fully saturated rings. The van der Waals surface area contributed by atoms with Crippen LogP contribution in [-0.2, 0) is 4.79 Å². The van der Waals surface area contributed by atoms with Gasteiger partial charge in [-0.3, -0.25) is 9.59 Å². The molecule has 2 aromatic carbocycles. The number of nitrogen functional groups attached to an aromatic ring is 1. The molecular formula is C15H15N3O2S. The Morgan fingerprint density at radius 2 is 1.76 bits per heavy atom. The van der Waals surface area contributed by atoms with E-state index in [0.717, 1.165) is 15.5 Å². The summed E-state index contributed by atoms with van der Waals surface area (Å²) in [5.74, 6) is -0.635. The van der Waals surface area contributed by atoms with Gasteiger partial charge in [0.1, 0.15) is 0 Å². The molecule has 2 amide bonds. The standard InChI is InChI=1S/C15H15N3O2S/c1-9(19)18-11-3-5-12(6-4-11)21-14-7-2-10(16)8-13(14)15(17)20/h2-8H,16H2,1H3,(H2,17,20)(H,18,19). The van der Waals surface area contributed by atoms with E-state index in [9.17, 15) is 9.59 Å². The van der Waals surface area contributed by atoms with Crippen molar-refractivity contribution in [2.75, 3.05) is 11.1 Å². The van der Waals surface area contributed by atoms with Crippen LogP contribution in [0.5, 0.6) is 0 Å². The van der Waals surface area contributed by atoms with Crippen LogP contribution in [0, 0.1) is 0 Å². The van der Waals surface area contributed by atoms with Crippen molar-refractivity contribution in [1.29, 1.82) is 0 Å². The molecule has 0 atom stereocenters. The normalized spacial score (nSPS) is 10.1. The van der Waals surface area contributed by atoms with Gasteiger partial charge in [-0.15, -0.1) is 0 Å². The Balaban J connectivity index is 2.22. The lowest BCUT2D eigenvalue weighted by molar-refractivity contribution is -0.114. The molecule has 0 radical (unpaired) electrons. The van der Waals surface area contributed by atoms with Gasteiger partial charge in [-0.1, -0.05) is 11.8 Å². The Morgan fingerprint density at radius 1 is 1.10 bits per heavy atom. The van der Waals surface area contributed by atoms with Gasteiger partial charge >= 0.3 is 0 Å². The number of hydrogen-bond acceptors (Lipinski definition) is 4. The van der Waals surface area contributed by atoms with Crippen molar-refractivity contribution in [1.82, 2.24) is 0 Å². The van der Waals surface area contributed by atoms with E-state index in [2.05, 4.69) is 5.32 Å². The molecule has 0 aliphatic carbocycles. The van der Waals surface area contributed by atoms with Gasteiger partial charge in [0.25, 0.3) is 0 Å². The van der Waals surface area contributed by atoms with Crippen LogP contribution in [0.25, 0.3) is 0 Å². The van der Waals surface area contributed by atoms with Crippen molar-refractivity contribution < 1.29 is 9.59 Å². The summed E-state index contributed by atoms with van der Waals surface area (Å²) in [7, 11) is 0. The maximum atomic E-state index is 11.4. The molecule has 0 aliphatic rings. The topological polar surface area (TPSA) is 98.2 Å². The molecule has 21 heavy (non-hydrogen) atoms. The lowest BCUT2D eigenvalue weighted by atomic mass is 10.2. The van der Waals surface area contributed by atoms with Crippen molar-refractivity contribution in [2.45, 2.75) is 16.7 Å². The second-order valence-electron chi connectivity index (χ2n) is 4.43. The van der Waals surface area contributed by atoms with E-state index in [-0.39, 0.29) is 5.91 Å². The fourth-order valence-electron chi connectivity index (χ4n) is 1.77. The van der Waals surface area contributed by atoms with Gasteiger partial charge in [0.15, 0.2) is 0 Å². The van der Waals surface area contributed by atoms with E-state index in [1.807, 2.05) is 12.1 Å². The van der Waals surface area contributed by atoms with Crippen LogP contribution in [0.1, 0.15) is 17.3 Å². The van der Waals surface area contributed by atoms with E-state index in [1.54, 1.807) is 30.3 Å². The number of anilines is 2. The number of carbonyl (C=O) groups excluding carboxylic acids is 2. The van der Waals surface area contributed by atoms with Crippen molar-refractivity contribution >= 4 is 35.0 Å². The first-order valence-corrected chi connectivity index (χ1v) is 7.02. The molecule has 2 aromatic rings. The maximum Gasteiger partial charge on any atom is 0.249 e. The zero-order valence-corrected chi connectivity index (χ0v) is 12.2. The minimum Gasteiger partial charge on any atom is -0.399 e. The third-order valence-corrected chi connectivity index (χ3v) is 3.76. The highest BCUT2D eigenvalue weighted by Gasteiger charge is 2.10. The van der Waals surface area contributed by atoms with Crippen molar-refractivity contribution in [2.24, 2.45) is 5.73 Å². The first kappa shape index (κ1) is 14.9. The molecule has 0 bridgehead atoms. The van der Waals surface area contributed by atoms with E-state index < -0.39 is 5.91 Å². The molecule has 0 saturated carbocycles. The van der Waals surface area contributed by atoms with Crippen LogP contribution in [0.3, 0.4) is 0 Å². The predicted molar refractivity (Wildman–Crippen MR) is 84.2 cm³/mol. The highest BCUT2D eigenvalue weighted by molar-refractivity contribution is 7.99. The molecular weight excluding hydrogens is 286 g/mol. The second-order valence-corrected chi connectivity index (χ2v) is 5.54. The van der Waals surface area contributed by atoms with Gasteiger partial charge in [0.2, 0.25) is 11.8 Å². The fraction of sp³-hybridized carbons (Fsp3) is 0.0667. The molecule has 0 spiro atoms. The largest absolute Gasteiger partial charge is 0.399 e. The highest BCUT2D eigenvalue weighted by atomic mass is 32.2. The monoisotopic (exact) mass is 301 g/mol. The van der Waals surface area contributed by atoms with Crippen LogP contribution >= 0.6 is 11.8 Å². The van der Waals surface area contributed by atoms with Gasteiger partial charge in [-0.05, 0) is 42.5 Å². The Morgan fingerprint density at radius 3 is 2.33 bits per heavy atom. The number of benzene rings is 2. The van der Waals surface area contributed by atoms with Crippen LogP contribution < -0.4 is 16.8 Å². The zero-order valence-electron chi connectivity index (χ0n) is 11.4. The summed E-state index contributed by atoms with van der Waals surface area (Å²) < 4.78 is 0. The number of amides is 2. The molecule has 108 valence electrons. The fourth-order valence-corrected chi connectivity index (χ4v) is 2.70. The van der Waals surface area contributed by atoms with E-state index in [1.165, 1.54) is 18.7 Å². The molecule has 0 unspecified atom stereocenters. The highest BCUT2D eigenvalue weighted by Crippen LogP contribution is 2.32. The molecule has 0 saturated heterocycles. The zero-order chi connectivity index (χ0) is 15.4.